The summed E-state index contributed by atoms with van der Waals surface area (Å²) >= 11 is 0. The molecule has 0 spiro atoms. The van der Waals surface area contributed by atoms with E-state index in [1.165, 1.54) is 0 Å². The summed E-state index contributed by atoms with van der Waals surface area (Å²) in [6, 6.07) is 0. The molecule has 14 heteroatoms. The van der Waals surface area contributed by atoms with Crippen molar-refractivity contribution < 1.29 is 69.1 Å². The average Bonchev–Trinajstić information content (AvgIpc) is 3.20. The second-order valence-corrected chi connectivity index (χ2v) is 20.7. The molecule has 0 aromatic heterocycles. The molecule has 7 N–H and O–H groups in total. The van der Waals surface area contributed by atoms with E-state index in [1.807, 2.05) is 20.8 Å². The number of carboxylic acids is 1. The molecule has 0 bridgehead atoms. The van der Waals surface area contributed by atoms with Crippen molar-refractivity contribution in [1.29, 1.82) is 0 Å². The topological polar surface area (TPSA) is 230 Å². The summed E-state index contributed by atoms with van der Waals surface area (Å²) in [6.07, 6.45) is -3.33. The van der Waals surface area contributed by atoms with Crippen molar-refractivity contribution in [3.05, 3.63) is 34.9 Å². The molecular formula is C46H70O14. The van der Waals surface area contributed by atoms with E-state index in [0.717, 1.165) is 5.57 Å². The van der Waals surface area contributed by atoms with Gasteiger partial charge in [0.25, 0.3) is 0 Å². The van der Waals surface area contributed by atoms with Crippen LogP contribution in [0.1, 0.15) is 114 Å². The Bertz CT molecular complexity index is 1790. The average molecular weight is 847 g/mol. The van der Waals surface area contributed by atoms with Crippen molar-refractivity contribution in [2.45, 2.75) is 169 Å². The van der Waals surface area contributed by atoms with Gasteiger partial charge in [0.15, 0.2) is 12.4 Å². The van der Waals surface area contributed by atoms with Gasteiger partial charge in [-0.15, -0.1) is 0 Å². The summed E-state index contributed by atoms with van der Waals surface area (Å²) in [7, 11) is 0. The minimum atomic E-state index is -1.86. The lowest BCUT2D eigenvalue weighted by molar-refractivity contribution is -0.328. The minimum absolute atomic E-state index is 0.0533. The van der Waals surface area contributed by atoms with Crippen LogP contribution in [-0.2, 0) is 33.3 Å². The van der Waals surface area contributed by atoms with Crippen LogP contribution in [-0.4, -0.2) is 122 Å². The van der Waals surface area contributed by atoms with Gasteiger partial charge >= 0.3 is 17.9 Å². The number of ether oxygens (including phenoxy) is 4. The van der Waals surface area contributed by atoms with Gasteiger partial charge in [-0.2, -0.15) is 0 Å². The van der Waals surface area contributed by atoms with Crippen LogP contribution in [0, 0.1) is 50.2 Å². The van der Waals surface area contributed by atoms with E-state index in [4.69, 9.17) is 18.9 Å². The monoisotopic (exact) mass is 846 g/mol. The third kappa shape index (κ3) is 6.76. The van der Waals surface area contributed by atoms with Crippen molar-refractivity contribution in [3.8, 4) is 0 Å². The zero-order valence-electron chi connectivity index (χ0n) is 37.0. The van der Waals surface area contributed by atoms with Crippen LogP contribution >= 0.6 is 0 Å². The van der Waals surface area contributed by atoms with E-state index in [2.05, 4.69) is 26.8 Å². The molecule has 0 radical (unpaired) electrons. The van der Waals surface area contributed by atoms with E-state index in [1.54, 1.807) is 39.8 Å². The highest BCUT2D eigenvalue weighted by atomic mass is 16.7. The predicted octanol–water partition coefficient (Wildman–Crippen LogP) is 3.98. The van der Waals surface area contributed by atoms with Crippen LogP contribution in [0.5, 0.6) is 0 Å². The fourth-order valence-electron chi connectivity index (χ4n) is 13.4. The van der Waals surface area contributed by atoms with E-state index in [9.17, 15) is 50.1 Å². The molecule has 1 heterocycles. The first-order valence-electron chi connectivity index (χ1n) is 21.8. The summed E-state index contributed by atoms with van der Waals surface area (Å²) in [5, 5.41) is 76.4. The summed E-state index contributed by atoms with van der Waals surface area (Å²) in [6.45, 7) is 18.7. The number of hydrogen-bond acceptors (Lipinski definition) is 13. The van der Waals surface area contributed by atoms with Crippen molar-refractivity contribution in [2.75, 3.05) is 13.2 Å². The molecule has 60 heavy (non-hydrogen) atoms. The molecule has 6 aliphatic rings. The number of carbonyl (C=O) groups excluding carboxylic acids is 2. The molecule has 14 nitrogen and oxygen atoms in total. The second kappa shape index (κ2) is 16.1. The highest BCUT2D eigenvalue weighted by Gasteiger charge is 2.74. The number of fused-ring (bicyclic) bond motifs is 7. The number of carboxylic acid groups (broad SMARTS) is 1. The molecule has 338 valence electrons. The first-order valence-corrected chi connectivity index (χ1v) is 21.8. The second-order valence-electron chi connectivity index (χ2n) is 20.7. The Hall–Kier alpha value is -2.69. The smallest absolute Gasteiger partial charge is 0.335 e. The fraction of sp³-hybridized carbons (Fsp3) is 0.804. The van der Waals surface area contributed by atoms with Gasteiger partial charge in [0, 0.05) is 16.6 Å². The van der Waals surface area contributed by atoms with Crippen LogP contribution in [0.4, 0.5) is 0 Å². The van der Waals surface area contributed by atoms with Gasteiger partial charge in [0.1, 0.15) is 30.5 Å². The summed E-state index contributed by atoms with van der Waals surface area (Å²) < 4.78 is 24.6. The lowest BCUT2D eigenvalue weighted by Crippen LogP contribution is -2.72. The number of aliphatic hydroxyl groups is 6. The lowest BCUT2D eigenvalue weighted by Gasteiger charge is -2.72. The van der Waals surface area contributed by atoms with Gasteiger partial charge in [0.2, 0.25) is 0 Å². The Morgan fingerprint density at radius 2 is 1.42 bits per heavy atom. The normalized spacial score (nSPS) is 47.7. The van der Waals surface area contributed by atoms with E-state index in [-0.39, 0.29) is 23.9 Å². The molecule has 1 aliphatic heterocycles. The molecule has 1 saturated heterocycles. The first kappa shape index (κ1) is 46.8. The number of rotatable bonds is 9. The molecule has 0 amide bonds. The maximum absolute atomic E-state index is 13.8. The zero-order chi connectivity index (χ0) is 44.7. The number of aliphatic hydroxyl groups excluding tert-OH is 6. The third-order valence-corrected chi connectivity index (χ3v) is 17.5. The molecule has 0 aromatic carbocycles. The molecule has 17 atom stereocenters. The summed E-state index contributed by atoms with van der Waals surface area (Å²) in [4.78, 5) is 39.3. The van der Waals surface area contributed by atoms with Gasteiger partial charge in [-0.05, 0) is 112 Å². The SMILES string of the molecule is CC=C(C)C(=O)OC1CC2(C)C(=CCC3C4(C)CCC(OC5OC(C(=O)O)C(O)C(O)C5O)C(C)(CO)C4CCC32C)C2CC(C)(C)C(O)C(OC(=O)C(C)=CC)C12CO. The van der Waals surface area contributed by atoms with Gasteiger partial charge < -0.3 is 54.7 Å². The molecule has 5 fully saturated rings. The highest BCUT2D eigenvalue weighted by molar-refractivity contribution is 5.88. The molecule has 5 aliphatic carbocycles. The Balaban J connectivity index is 1.42. The largest absolute Gasteiger partial charge is 0.479 e. The van der Waals surface area contributed by atoms with Crippen LogP contribution in [0.25, 0.3) is 0 Å². The van der Waals surface area contributed by atoms with Crippen molar-refractivity contribution in [3.63, 3.8) is 0 Å². The lowest BCUT2D eigenvalue weighted by atomic mass is 9.33. The highest BCUT2D eigenvalue weighted by Crippen LogP contribution is 2.76. The molecule has 4 saturated carbocycles. The quantitative estimate of drug-likeness (QED) is 0.0754. The zero-order valence-corrected chi connectivity index (χ0v) is 37.0. The minimum Gasteiger partial charge on any atom is -0.479 e. The third-order valence-electron chi connectivity index (χ3n) is 17.5. The van der Waals surface area contributed by atoms with Crippen LogP contribution < -0.4 is 0 Å². The summed E-state index contributed by atoms with van der Waals surface area (Å²) in [5.74, 6) is -3.16. The molecule has 0 aromatic rings. The van der Waals surface area contributed by atoms with Crippen molar-refractivity contribution in [2.24, 2.45) is 50.2 Å². The first-order chi connectivity index (χ1) is 27.9. The van der Waals surface area contributed by atoms with Crippen molar-refractivity contribution in [1.82, 2.24) is 0 Å². The van der Waals surface area contributed by atoms with Crippen molar-refractivity contribution >= 4 is 17.9 Å². The number of esters is 2. The number of aliphatic carboxylic acids is 1. The van der Waals surface area contributed by atoms with E-state index < -0.39 is 113 Å². The Labute approximate surface area is 354 Å². The fourth-order valence-corrected chi connectivity index (χ4v) is 13.4. The number of allylic oxidation sites excluding steroid dienone is 4. The number of hydrogen-bond donors (Lipinski definition) is 7. The van der Waals surface area contributed by atoms with Gasteiger partial charge in [-0.1, -0.05) is 65.3 Å². The van der Waals surface area contributed by atoms with Crippen LogP contribution in [0.2, 0.25) is 0 Å². The molecular weight excluding hydrogens is 776 g/mol. The Morgan fingerprint density at radius 3 is 1.98 bits per heavy atom. The maximum Gasteiger partial charge on any atom is 0.335 e. The van der Waals surface area contributed by atoms with Crippen LogP contribution in [0.15, 0.2) is 34.9 Å². The van der Waals surface area contributed by atoms with E-state index in [0.29, 0.717) is 56.1 Å². The van der Waals surface area contributed by atoms with Crippen LogP contribution in [0.3, 0.4) is 0 Å². The molecule has 6 rings (SSSR count). The van der Waals surface area contributed by atoms with Gasteiger partial charge in [-0.25, -0.2) is 14.4 Å². The Morgan fingerprint density at radius 1 is 0.800 bits per heavy atom. The van der Waals surface area contributed by atoms with E-state index >= 15 is 0 Å². The maximum atomic E-state index is 13.8. The molecule has 17 unspecified atom stereocenters. The predicted molar refractivity (Wildman–Crippen MR) is 218 cm³/mol. The Kier molecular flexibility index (Phi) is 12.6. The van der Waals surface area contributed by atoms with Gasteiger partial charge in [-0.3, -0.25) is 0 Å². The standard InChI is InChI=1S/C46H70O14/c1-11-23(3)38(55)57-30-20-45(10)25(26-19-41(5,6)35(52)36(46(26,30)22-48)60-39(56)24(4)12-2)13-14-28-42(7)17-16-29(43(8,21-47)27(42)15-18-44(28,45)9)58-40-33(51)31(49)32(50)34(59-40)37(53)54/h11-13,26-36,40,47-52H,14-22H2,1-10H3,(H,53,54). The van der Waals surface area contributed by atoms with Gasteiger partial charge in [0.05, 0.1) is 30.8 Å². The summed E-state index contributed by atoms with van der Waals surface area (Å²) in [5.41, 5.74) is -2.53. The number of carbonyl (C=O) groups is 3.